The van der Waals surface area contributed by atoms with Crippen LogP contribution >= 0.6 is 11.8 Å². The number of rotatable bonds is 11. The first-order valence-electron chi connectivity index (χ1n) is 20.7. The number of hydrogen-bond donors (Lipinski definition) is 3. The Balaban J connectivity index is 0.926. The molecule has 0 aliphatic carbocycles. The number of thioether (sulfide) groups is 1. The molecule has 4 atom stereocenters. The molecule has 0 unspecified atom stereocenters. The van der Waals surface area contributed by atoms with Gasteiger partial charge < -0.3 is 29.8 Å². The van der Waals surface area contributed by atoms with E-state index in [9.17, 15) is 14.4 Å². The van der Waals surface area contributed by atoms with Gasteiger partial charge in [-0.3, -0.25) is 14.5 Å². The van der Waals surface area contributed by atoms with E-state index in [1.54, 1.807) is 43.6 Å². The van der Waals surface area contributed by atoms with Gasteiger partial charge in [0.2, 0.25) is 5.91 Å². The number of imidazole rings is 2. The number of nitrogens with zero attached hydrogens (tertiary/aromatic N) is 5. The molecule has 2 aliphatic heterocycles. The van der Waals surface area contributed by atoms with Crippen LogP contribution in [0.4, 0.5) is 4.79 Å². The quantitative estimate of drug-likeness (QED) is 0.118. The van der Waals surface area contributed by atoms with Crippen LogP contribution in [0, 0.1) is 0 Å². The highest BCUT2D eigenvalue weighted by atomic mass is 32.2. The van der Waals surface area contributed by atoms with Gasteiger partial charge in [-0.15, -0.1) is 11.8 Å². The fourth-order valence-corrected chi connectivity index (χ4v) is 9.35. The second-order valence-electron chi connectivity index (χ2n) is 16.7. The number of nitrogens with one attached hydrogen (secondary N) is 3. The van der Waals surface area contributed by atoms with Crippen molar-refractivity contribution in [1.82, 2.24) is 40.0 Å². The Hall–Kier alpha value is -6.18. The van der Waals surface area contributed by atoms with Gasteiger partial charge in [-0.2, -0.15) is 0 Å². The van der Waals surface area contributed by atoms with Crippen molar-refractivity contribution in [3.05, 3.63) is 144 Å². The van der Waals surface area contributed by atoms with Gasteiger partial charge >= 0.3 is 6.09 Å². The summed E-state index contributed by atoms with van der Waals surface area (Å²) < 4.78 is 5.51. The van der Waals surface area contributed by atoms with Gasteiger partial charge in [0, 0.05) is 18.8 Å². The highest BCUT2D eigenvalue weighted by Gasteiger charge is 2.39. The molecule has 61 heavy (non-hydrogen) atoms. The molecule has 3 N–H and O–H groups in total. The van der Waals surface area contributed by atoms with E-state index in [4.69, 9.17) is 14.7 Å². The van der Waals surface area contributed by atoms with Crippen LogP contribution in [-0.4, -0.2) is 91.1 Å². The molecule has 2 fully saturated rings. The first kappa shape index (κ1) is 41.5. The molecule has 12 nitrogen and oxygen atoms in total. The summed E-state index contributed by atoms with van der Waals surface area (Å²) in [6, 6.07) is 34.5. The lowest BCUT2D eigenvalue weighted by Crippen LogP contribution is -2.44. The van der Waals surface area contributed by atoms with Gasteiger partial charge in [0.05, 0.1) is 29.8 Å². The predicted molar refractivity (Wildman–Crippen MR) is 239 cm³/mol. The van der Waals surface area contributed by atoms with Crippen LogP contribution in [0.1, 0.15) is 79.9 Å². The summed E-state index contributed by atoms with van der Waals surface area (Å²) in [5.41, 5.74) is 6.85. The average molecular weight is 837 g/mol. The Labute approximate surface area is 361 Å². The number of likely N-dealkylation sites (tertiary alicyclic amines) is 1. The van der Waals surface area contributed by atoms with Crippen molar-refractivity contribution >= 4 is 29.7 Å². The number of aromatic nitrogens is 4. The fourth-order valence-electron chi connectivity index (χ4n) is 8.16. The summed E-state index contributed by atoms with van der Waals surface area (Å²) in [4.78, 5) is 63.2. The first-order valence-corrected chi connectivity index (χ1v) is 21.8. The molecule has 4 aromatic carbocycles. The van der Waals surface area contributed by atoms with E-state index in [1.807, 2.05) is 90.8 Å². The third-order valence-electron chi connectivity index (χ3n) is 11.1. The zero-order valence-electron chi connectivity index (χ0n) is 35.2. The number of carbonyl (C=O) groups is 3. The molecule has 314 valence electrons. The minimum Gasteiger partial charge on any atom is -0.444 e. The van der Waals surface area contributed by atoms with E-state index in [0.29, 0.717) is 24.5 Å². The lowest BCUT2D eigenvalue weighted by atomic mass is 10.0. The van der Waals surface area contributed by atoms with Crippen LogP contribution in [0.25, 0.3) is 33.6 Å². The number of H-pyrrole nitrogens is 2. The number of aromatic amines is 2. The Bertz CT molecular complexity index is 2450. The smallest absolute Gasteiger partial charge is 0.408 e. The van der Waals surface area contributed by atoms with Gasteiger partial charge in [0.25, 0.3) is 5.91 Å². The van der Waals surface area contributed by atoms with Crippen molar-refractivity contribution < 1.29 is 19.1 Å². The Morgan fingerprint density at radius 3 is 1.84 bits per heavy atom. The maximum absolute atomic E-state index is 14.1. The molecule has 2 saturated heterocycles. The monoisotopic (exact) mass is 836 g/mol. The first-order chi connectivity index (χ1) is 29.4. The van der Waals surface area contributed by atoms with Crippen molar-refractivity contribution in [2.24, 2.45) is 0 Å². The maximum atomic E-state index is 14.1. The summed E-state index contributed by atoms with van der Waals surface area (Å²) >= 11 is 1.63. The molecular formula is C48H52N8O4S. The van der Waals surface area contributed by atoms with Crippen molar-refractivity contribution in [3.8, 4) is 33.6 Å². The molecule has 13 heteroatoms. The Morgan fingerprint density at radius 2 is 1.26 bits per heavy atom. The molecule has 4 heterocycles. The SMILES string of the molecule is CN(C)[C@@H](C(=O)N1CCC[C@H]1c1ncc(-c2ccc(-c3ccc(-c4cnc([C@@H]5SCCN5C(=O)[C@H](NC(=O)OC(C)(C)C)c5ccccc5)[nH]4)cc3)cc2)[nH]1)c1ccccc1. The van der Waals surface area contributed by atoms with Crippen LogP contribution in [0.15, 0.2) is 122 Å². The summed E-state index contributed by atoms with van der Waals surface area (Å²) in [7, 11) is 3.90. The van der Waals surface area contributed by atoms with E-state index in [0.717, 1.165) is 63.6 Å². The molecule has 8 rings (SSSR count). The van der Waals surface area contributed by atoms with Gasteiger partial charge in [0.15, 0.2) is 0 Å². The van der Waals surface area contributed by atoms with Crippen LogP contribution < -0.4 is 5.32 Å². The summed E-state index contributed by atoms with van der Waals surface area (Å²) in [6.45, 7) is 6.60. The molecule has 6 aromatic rings. The third-order valence-corrected chi connectivity index (χ3v) is 12.3. The molecule has 2 aliphatic rings. The molecule has 0 radical (unpaired) electrons. The average Bonchev–Trinajstić information content (AvgIpc) is 4.10. The summed E-state index contributed by atoms with van der Waals surface area (Å²) in [6.07, 6.45) is 4.81. The molecule has 3 amide bonds. The lowest BCUT2D eigenvalue weighted by molar-refractivity contribution is -0.137. The largest absolute Gasteiger partial charge is 0.444 e. The predicted octanol–water partition coefficient (Wildman–Crippen LogP) is 8.94. The molecule has 0 saturated carbocycles. The fraction of sp³-hybridized carbons (Fsp3) is 0.312. The minimum absolute atomic E-state index is 0.0923. The van der Waals surface area contributed by atoms with Crippen molar-refractivity contribution in [2.45, 2.75) is 62.7 Å². The molecule has 2 aromatic heterocycles. The number of likely N-dealkylation sites (N-methyl/N-ethyl adjacent to an activating group) is 1. The lowest BCUT2D eigenvalue weighted by Gasteiger charge is -2.31. The van der Waals surface area contributed by atoms with Gasteiger partial charge in [0.1, 0.15) is 34.7 Å². The van der Waals surface area contributed by atoms with E-state index in [2.05, 4.69) is 63.8 Å². The molecule has 0 bridgehead atoms. The molecular weight excluding hydrogens is 785 g/mol. The van der Waals surface area contributed by atoms with Crippen LogP contribution in [0.3, 0.4) is 0 Å². The maximum Gasteiger partial charge on any atom is 0.408 e. The zero-order chi connectivity index (χ0) is 42.7. The van der Waals surface area contributed by atoms with Gasteiger partial charge in [-0.25, -0.2) is 14.8 Å². The number of amides is 3. The third kappa shape index (κ3) is 9.28. The van der Waals surface area contributed by atoms with Gasteiger partial charge in [-0.05, 0) is 81.1 Å². The van der Waals surface area contributed by atoms with Crippen molar-refractivity contribution in [2.75, 3.05) is 32.9 Å². The van der Waals surface area contributed by atoms with Crippen LogP contribution in [-0.2, 0) is 14.3 Å². The number of alkyl carbamates (subject to hydrolysis) is 1. The minimum atomic E-state index is -0.910. The zero-order valence-corrected chi connectivity index (χ0v) is 36.0. The summed E-state index contributed by atoms with van der Waals surface area (Å²) in [5.74, 6) is 2.09. The van der Waals surface area contributed by atoms with E-state index in [1.165, 1.54) is 0 Å². The van der Waals surface area contributed by atoms with Crippen LogP contribution in [0.2, 0.25) is 0 Å². The van der Waals surface area contributed by atoms with Crippen molar-refractivity contribution in [1.29, 1.82) is 0 Å². The normalized spacial score (nSPS) is 17.7. The van der Waals surface area contributed by atoms with E-state index in [-0.39, 0.29) is 29.3 Å². The summed E-state index contributed by atoms with van der Waals surface area (Å²) in [5, 5.41) is 2.47. The number of hydrogen-bond acceptors (Lipinski definition) is 8. The van der Waals surface area contributed by atoms with Crippen LogP contribution in [0.5, 0.6) is 0 Å². The topological polar surface area (TPSA) is 140 Å². The second-order valence-corrected chi connectivity index (χ2v) is 17.9. The van der Waals surface area contributed by atoms with Gasteiger partial charge in [-0.1, -0.05) is 109 Å². The molecule has 0 spiro atoms. The number of benzene rings is 4. The highest BCUT2D eigenvalue weighted by Crippen LogP contribution is 2.40. The standard InChI is InChI=1S/C48H52N8O4S/c1-48(2,3)60-47(59)53-40(35-13-8-6-9-14-35)44(57)56-27-28-61-46(56)43-50-30-38(52-43)34-24-20-32(21-25-34)31-18-22-33(23-19-31)37-29-49-42(51-37)39-17-12-26-55(39)45(58)41(54(4)5)36-15-10-7-11-16-36/h6-11,13-16,18-25,29-30,39-41,46H,12,17,26-28H2,1-5H3,(H,49,51)(H,50,52)(H,53,59)/t39-,40+,41+,46-/m0/s1. The second kappa shape index (κ2) is 17.8. The number of carbonyl (C=O) groups excluding carboxylic acids is 3. The van der Waals surface area contributed by atoms with E-state index < -0.39 is 17.7 Å². The highest BCUT2D eigenvalue weighted by molar-refractivity contribution is 7.99. The Kier molecular flexibility index (Phi) is 12.1. The van der Waals surface area contributed by atoms with E-state index >= 15 is 0 Å². The Morgan fingerprint density at radius 1 is 0.721 bits per heavy atom. The van der Waals surface area contributed by atoms with Crippen molar-refractivity contribution in [3.63, 3.8) is 0 Å². The number of ether oxygens (including phenoxy) is 1.